The average molecular weight is 224 g/mol. The molecule has 1 aromatic rings. The SMILES string of the molecule is Cc1ccc(CN)c(SC(C)C(C)C)n1. The standard InChI is InChI=1S/C12H20N2S/c1-8(2)10(4)15-12-11(7-13)6-5-9(3)14-12/h5-6,8,10H,7,13H2,1-4H3. The summed E-state index contributed by atoms with van der Waals surface area (Å²) < 4.78 is 0. The minimum Gasteiger partial charge on any atom is -0.326 e. The predicted molar refractivity (Wildman–Crippen MR) is 67.0 cm³/mol. The molecule has 0 spiro atoms. The highest BCUT2D eigenvalue weighted by atomic mass is 32.2. The molecule has 1 rings (SSSR count). The summed E-state index contributed by atoms with van der Waals surface area (Å²) in [6, 6.07) is 4.10. The van der Waals surface area contributed by atoms with Gasteiger partial charge in [-0.3, -0.25) is 0 Å². The van der Waals surface area contributed by atoms with Gasteiger partial charge in [-0.05, 0) is 24.5 Å². The number of nitrogens with zero attached hydrogens (tertiary/aromatic N) is 1. The molecule has 84 valence electrons. The van der Waals surface area contributed by atoms with E-state index in [1.165, 1.54) is 0 Å². The smallest absolute Gasteiger partial charge is 0.101 e. The monoisotopic (exact) mass is 224 g/mol. The molecule has 1 heterocycles. The van der Waals surface area contributed by atoms with Crippen molar-refractivity contribution in [1.29, 1.82) is 0 Å². The molecule has 2 nitrogen and oxygen atoms in total. The molecule has 3 heteroatoms. The van der Waals surface area contributed by atoms with E-state index in [0.717, 1.165) is 16.3 Å². The number of thioether (sulfide) groups is 1. The molecule has 0 bridgehead atoms. The second-order valence-electron chi connectivity index (χ2n) is 4.19. The van der Waals surface area contributed by atoms with Gasteiger partial charge in [0.2, 0.25) is 0 Å². The minimum absolute atomic E-state index is 0.570. The van der Waals surface area contributed by atoms with Crippen LogP contribution in [0.1, 0.15) is 32.0 Å². The van der Waals surface area contributed by atoms with E-state index in [1.54, 1.807) is 0 Å². The highest BCUT2D eigenvalue weighted by molar-refractivity contribution is 7.99. The van der Waals surface area contributed by atoms with Gasteiger partial charge in [-0.1, -0.05) is 26.8 Å². The van der Waals surface area contributed by atoms with Gasteiger partial charge in [-0.2, -0.15) is 0 Å². The maximum absolute atomic E-state index is 5.70. The van der Waals surface area contributed by atoms with Crippen molar-refractivity contribution in [2.45, 2.75) is 44.5 Å². The number of hydrogen-bond acceptors (Lipinski definition) is 3. The van der Waals surface area contributed by atoms with Crippen LogP contribution in [0.5, 0.6) is 0 Å². The topological polar surface area (TPSA) is 38.9 Å². The van der Waals surface area contributed by atoms with E-state index in [0.29, 0.717) is 17.7 Å². The van der Waals surface area contributed by atoms with E-state index in [-0.39, 0.29) is 0 Å². The molecule has 0 radical (unpaired) electrons. The summed E-state index contributed by atoms with van der Waals surface area (Å²) in [5.41, 5.74) is 7.91. The van der Waals surface area contributed by atoms with Crippen LogP contribution in [-0.2, 0) is 6.54 Å². The Bertz CT molecular complexity index is 323. The maximum Gasteiger partial charge on any atom is 0.101 e. The second-order valence-corrected chi connectivity index (χ2v) is 5.55. The zero-order valence-corrected chi connectivity index (χ0v) is 10.8. The molecule has 2 N–H and O–H groups in total. The van der Waals surface area contributed by atoms with Crippen molar-refractivity contribution in [3.05, 3.63) is 23.4 Å². The fourth-order valence-electron chi connectivity index (χ4n) is 1.13. The Morgan fingerprint density at radius 1 is 1.33 bits per heavy atom. The number of pyridine rings is 1. The quantitative estimate of drug-likeness (QED) is 0.799. The Kier molecular flexibility index (Phi) is 4.61. The van der Waals surface area contributed by atoms with Crippen molar-refractivity contribution in [2.75, 3.05) is 0 Å². The summed E-state index contributed by atoms with van der Waals surface area (Å²) in [4.78, 5) is 4.55. The van der Waals surface area contributed by atoms with E-state index in [9.17, 15) is 0 Å². The largest absolute Gasteiger partial charge is 0.326 e. The lowest BCUT2D eigenvalue weighted by molar-refractivity contribution is 0.641. The predicted octanol–water partition coefficient (Wildman–Crippen LogP) is 2.99. The van der Waals surface area contributed by atoms with Crippen LogP contribution in [0.3, 0.4) is 0 Å². The van der Waals surface area contributed by atoms with Crippen molar-refractivity contribution in [1.82, 2.24) is 4.98 Å². The number of nitrogens with two attached hydrogens (primary N) is 1. The second kappa shape index (κ2) is 5.52. The van der Waals surface area contributed by atoms with Gasteiger partial charge in [-0.15, -0.1) is 11.8 Å². The van der Waals surface area contributed by atoms with Crippen LogP contribution in [0, 0.1) is 12.8 Å². The summed E-state index contributed by atoms with van der Waals surface area (Å²) in [6.45, 7) is 9.29. The first-order valence-electron chi connectivity index (χ1n) is 5.37. The van der Waals surface area contributed by atoms with Gasteiger partial charge in [0.15, 0.2) is 0 Å². The van der Waals surface area contributed by atoms with Crippen LogP contribution in [0.15, 0.2) is 17.2 Å². The Labute approximate surface area is 96.7 Å². The van der Waals surface area contributed by atoms with Gasteiger partial charge < -0.3 is 5.73 Å². The molecule has 1 atom stereocenters. The summed E-state index contributed by atoms with van der Waals surface area (Å²) >= 11 is 1.83. The average Bonchev–Trinajstić information content (AvgIpc) is 2.18. The van der Waals surface area contributed by atoms with Crippen molar-refractivity contribution < 1.29 is 0 Å². The third-order valence-electron chi connectivity index (χ3n) is 2.53. The van der Waals surface area contributed by atoms with Crippen LogP contribution >= 0.6 is 11.8 Å². The van der Waals surface area contributed by atoms with Gasteiger partial charge >= 0.3 is 0 Å². The third kappa shape index (κ3) is 3.50. The number of hydrogen-bond donors (Lipinski definition) is 1. The van der Waals surface area contributed by atoms with Crippen LogP contribution in [-0.4, -0.2) is 10.2 Å². The summed E-state index contributed by atoms with van der Waals surface area (Å²) in [6.07, 6.45) is 0. The van der Waals surface area contributed by atoms with Crippen molar-refractivity contribution in [3.63, 3.8) is 0 Å². The first kappa shape index (κ1) is 12.5. The molecule has 1 unspecified atom stereocenters. The summed E-state index contributed by atoms with van der Waals surface area (Å²) in [7, 11) is 0. The van der Waals surface area contributed by atoms with E-state index < -0.39 is 0 Å². The number of aromatic nitrogens is 1. The molecular weight excluding hydrogens is 204 g/mol. The Hall–Kier alpha value is -0.540. The van der Waals surface area contributed by atoms with Gasteiger partial charge in [0.1, 0.15) is 5.03 Å². The fraction of sp³-hybridized carbons (Fsp3) is 0.583. The number of rotatable bonds is 4. The molecule has 0 fully saturated rings. The molecule has 0 aliphatic heterocycles. The zero-order valence-electron chi connectivity index (χ0n) is 9.95. The van der Waals surface area contributed by atoms with E-state index in [4.69, 9.17) is 5.73 Å². The van der Waals surface area contributed by atoms with E-state index in [2.05, 4.69) is 31.8 Å². The maximum atomic E-state index is 5.70. The molecule has 1 aromatic heterocycles. The molecule has 0 aliphatic rings. The lowest BCUT2D eigenvalue weighted by Crippen LogP contribution is -2.08. The van der Waals surface area contributed by atoms with Crippen LogP contribution < -0.4 is 5.73 Å². The highest BCUT2D eigenvalue weighted by Crippen LogP contribution is 2.28. The molecule has 0 amide bonds. The van der Waals surface area contributed by atoms with Gasteiger partial charge in [0.25, 0.3) is 0 Å². The normalized spacial score (nSPS) is 13.2. The third-order valence-corrected chi connectivity index (χ3v) is 4.03. The lowest BCUT2D eigenvalue weighted by Gasteiger charge is -2.16. The van der Waals surface area contributed by atoms with E-state index in [1.807, 2.05) is 24.8 Å². The van der Waals surface area contributed by atoms with Gasteiger partial charge in [0.05, 0.1) is 0 Å². The molecule has 0 saturated heterocycles. The minimum atomic E-state index is 0.570. The summed E-state index contributed by atoms with van der Waals surface area (Å²) in [5.74, 6) is 0.655. The summed E-state index contributed by atoms with van der Waals surface area (Å²) in [5, 5.41) is 1.67. The molecular formula is C12H20N2S. The molecule has 0 aromatic carbocycles. The van der Waals surface area contributed by atoms with Crippen LogP contribution in [0.4, 0.5) is 0 Å². The van der Waals surface area contributed by atoms with Crippen LogP contribution in [0.2, 0.25) is 0 Å². The van der Waals surface area contributed by atoms with E-state index >= 15 is 0 Å². The molecule has 0 saturated carbocycles. The first-order chi connectivity index (χ1) is 7.04. The number of aryl methyl sites for hydroxylation is 1. The Balaban J connectivity index is 2.87. The van der Waals surface area contributed by atoms with Crippen molar-refractivity contribution >= 4 is 11.8 Å². The van der Waals surface area contributed by atoms with Crippen molar-refractivity contribution in [2.24, 2.45) is 11.7 Å². The van der Waals surface area contributed by atoms with Crippen LogP contribution in [0.25, 0.3) is 0 Å². The Morgan fingerprint density at radius 3 is 2.53 bits per heavy atom. The van der Waals surface area contributed by atoms with Gasteiger partial charge in [-0.25, -0.2) is 4.98 Å². The first-order valence-corrected chi connectivity index (χ1v) is 6.25. The molecule has 0 aliphatic carbocycles. The Morgan fingerprint density at radius 2 is 2.00 bits per heavy atom. The van der Waals surface area contributed by atoms with Crippen molar-refractivity contribution in [3.8, 4) is 0 Å². The molecule has 15 heavy (non-hydrogen) atoms. The lowest BCUT2D eigenvalue weighted by atomic mass is 10.2. The highest BCUT2D eigenvalue weighted by Gasteiger charge is 2.12. The zero-order chi connectivity index (χ0) is 11.4. The fourth-order valence-corrected chi connectivity index (χ4v) is 2.26. The van der Waals surface area contributed by atoms with Gasteiger partial charge in [0, 0.05) is 17.5 Å².